The highest BCUT2D eigenvalue weighted by Crippen LogP contribution is 2.42. The molecule has 0 saturated heterocycles. The summed E-state index contributed by atoms with van der Waals surface area (Å²) in [7, 11) is 0. The number of carboxylic acids is 1. The second-order valence-corrected chi connectivity index (χ2v) is 6.57. The van der Waals surface area contributed by atoms with Crippen LogP contribution in [0.4, 0.5) is 0 Å². The van der Waals surface area contributed by atoms with Crippen LogP contribution in [-0.4, -0.2) is 11.1 Å². The molecular weight excluding hydrogens is 272 g/mol. The van der Waals surface area contributed by atoms with Gasteiger partial charge in [0, 0.05) is 0 Å². The van der Waals surface area contributed by atoms with E-state index < -0.39 is 11.4 Å². The van der Waals surface area contributed by atoms with E-state index in [1.165, 1.54) is 12.0 Å². The Balaban J connectivity index is 5.44. The van der Waals surface area contributed by atoms with Crippen LogP contribution in [0, 0.1) is 5.41 Å². The van der Waals surface area contributed by atoms with E-state index in [1.807, 2.05) is 0 Å². The van der Waals surface area contributed by atoms with Gasteiger partial charge in [-0.05, 0) is 32.1 Å². The Morgan fingerprint density at radius 2 is 1.36 bits per heavy atom. The summed E-state index contributed by atoms with van der Waals surface area (Å²) in [4.78, 5) is 12.2. The maximum Gasteiger partial charge on any atom is 0.313 e. The summed E-state index contributed by atoms with van der Waals surface area (Å²) in [5, 5.41) is 10.1. The van der Waals surface area contributed by atoms with E-state index in [0.717, 1.165) is 70.6 Å². The van der Waals surface area contributed by atoms with Crippen molar-refractivity contribution in [3.05, 3.63) is 11.6 Å². The lowest BCUT2D eigenvalue weighted by atomic mass is 9.70. The SMILES string of the molecule is CCCC/C=C(\CCCC)C(CCCC)(CCCC)C(=O)O. The van der Waals surface area contributed by atoms with Gasteiger partial charge in [-0.25, -0.2) is 0 Å². The molecule has 0 saturated carbocycles. The van der Waals surface area contributed by atoms with Gasteiger partial charge in [-0.3, -0.25) is 4.79 Å². The van der Waals surface area contributed by atoms with Crippen molar-refractivity contribution < 1.29 is 9.90 Å². The van der Waals surface area contributed by atoms with E-state index in [2.05, 4.69) is 33.8 Å². The Labute approximate surface area is 138 Å². The van der Waals surface area contributed by atoms with Crippen molar-refractivity contribution in [2.45, 2.75) is 105 Å². The summed E-state index contributed by atoms with van der Waals surface area (Å²) in [5.74, 6) is -0.590. The third kappa shape index (κ3) is 6.98. The van der Waals surface area contributed by atoms with Crippen LogP contribution in [0.25, 0.3) is 0 Å². The lowest BCUT2D eigenvalue weighted by Gasteiger charge is -2.33. The Bertz CT molecular complexity index is 310. The first-order chi connectivity index (χ1) is 10.6. The molecule has 0 bridgehead atoms. The van der Waals surface area contributed by atoms with E-state index in [4.69, 9.17) is 0 Å². The zero-order valence-electron chi connectivity index (χ0n) is 15.4. The molecule has 0 heterocycles. The molecular formula is C20H38O2. The number of hydrogen-bond donors (Lipinski definition) is 1. The zero-order valence-corrected chi connectivity index (χ0v) is 15.4. The minimum absolute atomic E-state index is 0.590. The Kier molecular flexibility index (Phi) is 12.3. The molecule has 0 aliphatic carbocycles. The van der Waals surface area contributed by atoms with Crippen LogP contribution in [0.5, 0.6) is 0 Å². The largest absolute Gasteiger partial charge is 0.481 e. The van der Waals surface area contributed by atoms with Gasteiger partial charge >= 0.3 is 5.97 Å². The van der Waals surface area contributed by atoms with Crippen LogP contribution in [0.3, 0.4) is 0 Å². The van der Waals surface area contributed by atoms with Gasteiger partial charge in [-0.1, -0.05) is 84.3 Å². The zero-order chi connectivity index (χ0) is 16.8. The number of aliphatic carboxylic acids is 1. The maximum absolute atomic E-state index is 12.2. The molecule has 0 rings (SSSR count). The van der Waals surface area contributed by atoms with Crippen molar-refractivity contribution in [1.82, 2.24) is 0 Å². The van der Waals surface area contributed by atoms with Gasteiger partial charge in [0.1, 0.15) is 0 Å². The van der Waals surface area contributed by atoms with E-state index in [0.29, 0.717) is 0 Å². The second kappa shape index (κ2) is 12.7. The number of carboxylic acid groups (broad SMARTS) is 1. The lowest BCUT2D eigenvalue weighted by Crippen LogP contribution is -2.33. The molecule has 0 aromatic carbocycles. The average Bonchev–Trinajstić information content (AvgIpc) is 2.51. The monoisotopic (exact) mass is 310 g/mol. The molecule has 0 unspecified atom stereocenters. The topological polar surface area (TPSA) is 37.3 Å². The van der Waals surface area contributed by atoms with Crippen LogP contribution in [0.1, 0.15) is 105 Å². The van der Waals surface area contributed by atoms with E-state index in [1.54, 1.807) is 0 Å². The summed E-state index contributed by atoms with van der Waals surface area (Å²) in [6.07, 6.45) is 14.6. The van der Waals surface area contributed by atoms with Crippen LogP contribution in [-0.2, 0) is 4.79 Å². The third-order valence-electron chi connectivity index (χ3n) is 4.69. The van der Waals surface area contributed by atoms with Crippen molar-refractivity contribution in [2.75, 3.05) is 0 Å². The van der Waals surface area contributed by atoms with Gasteiger partial charge in [0.25, 0.3) is 0 Å². The fourth-order valence-corrected chi connectivity index (χ4v) is 3.14. The molecule has 2 heteroatoms. The van der Waals surface area contributed by atoms with Gasteiger partial charge in [-0.2, -0.15) is 0 Å². The lowest BCUT2D eigenvalue weighted by molar-refractivity contribution is -0.147. The van der Waals surface area contributed by atoms with Gasteiger partial charge in [0.2, 0.25) is 0 Å². The fourth-order valence-electron chi connectivity index (χ4n) is 3.14. The van der Waals surface area contributed by atoms with Gasteiger partial charge < -0.3 is 5.11 Å². The van der Waals surface area contributed by atoms with E-state index >= 15 is 0 Å². The Hall–Kier alpha value is -0.790. The highest BCUT2D eigenvalue weighted by atomic mass is 16.4. The Morgan fingerprint density at radius 3 is 1.77 bits per heavy atom. The van der Waals surface area contributed by atoms with Crippen molar-refractivity contribution in [3.8, 4) is 0 Å². The van der Waals surface area contributed by atoms with Crippen molar-refractivity contribution in [1.29, 1.82) is 0 Å². The number of carbonyl (C=O) groups is 1. The van der Waals surface area contributed by atoms with Gasteiger partial charge in [-0.15, -0.1) is 0 Å². The molecule has 1 N–H and O–H groups in total. The van der Waals surface area contributed by atoms with E-state index in [-0.39, 0.29) is 0 Å². The van der Waals surface area contributed by atoms with Crippen molar-refractivity contribution in [2.24, 2.45) is 5.41 Å². The van der Waals surface area contributed by atoms with E-state index in [9.17, 15) is 9.90 Å². The van der Waals surface area contributed by atoms with Crippen molar-refractivity contribution in [3.63, 3.8) is 0 Å². The van der Waals surface area contributed by atoms with Gasteiger partial charge in [0.05, 0.1) is 5.41 Å². The summed E-state index contributed by atoms with van der Waals surface area (Å²) >= 11 is 0. The molecule has 130 valence electrons. The van der Waals surface area contributed by atoms with Gasteiger partial charge in [0.15, 0.2) is 0 Å². The van der Waals surface area contributed by atoms with Crippen LogP contribution >= 0.6 is 0 Å². The fraction of sp³-hybridized carbons (Fsp3) is 0.850. The average molecular weight is 311 g/mol. The molecule has 0 fully saturated rings. The maximum atomic E-state index is 12.2. The summed E-state index contributed by atoms with van der Waals surface area (Å²) in [6, 6.07) is 0. The predicted octanol–water partition coefficient (Wildman–Crippen LogP) is 6.74. The molecule has 0 aliphatic rings. The standard InChI is InChI=1S/C20H38O2/c1-5-9-13-15-18(14-10-6-2)20(19(21)22,16-11-7-3)17-12-8-4/h15H,5-14,16-17H2,1-4H3,(H,21,22)/b18-15+. The third-order valence-corrected chi connectivity index (χ3v) is 4.69. The first-order valence-corrected chi connectivity index (χ1v) is 9.51. The molecule has 0 aromatic heterocycles. The minimum Gasteiger partial charge on any atom is -0.481 e. The predicted molar refractivity (Wildman–Crippen MR) is 96.3 cm³/mol. The van der Waals surface area contributed by atoms with Crippen LogP contribution in [0.15, 0.2) is 11.6 Å². The summed E-state index contributed by atoms with van der Waals surface area (Å²) in [5.41, 5.74) is 0.617. The molecule has 0 atom stereocenters. The van der Waals surface area contributed by atoms with Crippen molar-refractivity contribution >= 4 is 5.97 Å². The number of unbranched alkanes of at least 4 members (excludes halogenated alkanes) is 5. The minimum atomic E-state index is -0.602. The molecule has 0 aromatic rings. The second-order valence-electron chi connectivity index (χ2n) is 6.57. The smallest absolute Gasteiger partial charge is 0.313 e. The first kappa shape index (κ1) is 21.2. The number of hydrogen-bond acceptors (Lipinski definition) is 1. The molecule has 0 aliphatic heterocycles. The molecule has 0 amide bonds. The molecule has 22 heavy (non-hydrogen) atoms. The quantitative estimate of drug-likeness (QED) is 0.285. The molecule has 0 radical (unpaired) electrons. The highest BCUT2D eigenvalue weighted by Gasteiger charge is 2.40. The molecule has 2 nitrogen and oxygen atoms in total. The summed E-state index contributed by atoms with van der Waals surface area (Å²) < 4.78 is 0. The van der Waals surface area contributed by atoms with Crippen LogP contribution < -0.4 is 0 Å². The summed E-state index contributed by atoms with van der Waals surface area (Å²) in [6.45, 7) is 8.68. The normalized spacial score (nSPS) is 12.6. The number of rotatable bonds is 14. The van der Waals surface area contributed by atoms with Crippen LogP contribution in [0.2, 0.25) is 0 Å². The first-order valence-electron chi connectivity index (χ1n) is 9.51. The highest BCUT2D eigenvalue weighted by molar-refractivity contribution is 5.78. The number of allylic oxidation sites excluding steroid dienone is 1. The molecule has 0 spiro atoms. The Morgan fingerprint density at radius 1 is 0.864 bits per heavy atom.